The molecule has 1 radical (unpaired) electrons. The molecule has 0 amide bonds. The van der Waals surface area contributed by atoms with E-state index >= 15 is 0 Å². The Morgan fingerprint density at radius 3 is 3.00 bits per heavy atom. The van der Waals surface area contributed by atoms with Crippen molar-refractivity contribution in [2.24, 2.45) is 0 Å². The molecule has 0 atom stereocenters. The average molecular weight is 115 g/mol. The largest absolute Gasteiger partial charge is 0.397 e. The lowest BCUT2D eigenvalue weighted by Gasteiger charge is -1.83. The Labute approximate surface area is 45.0 Å². The van der Waals surface area contributed by atoms with E-state index < -0.39 is 4.92 Å². The predicted octanol–water partition coefficient (Wildman–Crippen LogP) is -0.558. The lowest BCUT2D eigenvalue weighted by molar-refractivity contribution is -0.425. The zero-order valence-corrected chi connectivity index (χ0v) is 3.88. The molecular formula is C3H3N2O3. The Balaban J connectivity index is 2.57. The van der Waals surface area contributed by atoms with E-state index in [4.69, 9.17) is 0 Å². The van der Waals surface area contributed by atoms with Gasteiger partial charge in [0, 0.05) is 0 Å². The third-order valence-corrected chi connectivity index (χ3v) is 0.701. The molecule has 5 nitrogen and oxygen atoms in total. The van der Waals surface area contributed by atoms with Crippen LogP contribution in [0.15, 0.2) is 5.70 Å². The van der Waals surface area contributed by atoms with Gasteiger partial charge in [-0.15, -0.1) is 5.48 Å². The van der Waals surface area contributed by atoms with E-state index in [0.29, 0.717) is 0 Å². The monoisotopic (exact) mass is 115 g/mol. The van der Waals surface area contributed by atoms with Crippen molar-refractivity contribution in [2.45, 2.75) is 0 Å². The van der Waals surface area contributed by atoms with Crippen LogP contribution in [0, 0.1) is 16.4 Å². The van der Waals surface area contributed by atoms with E-state index in [9.17, 15) is 10.1 Å². The van der Waals surface area contributed by atoms with Gasteiger partial charge in [-0.2, -0.15) is 0 Å². The molecule has 0 aromatic rings. The SMILES string of the molecule is O=[N+]([O-])C1=[C]ONC1. The van der Waals surface area contributed by atoms with E-state index in [1.807, 2.05) is 0 Å². The Morgan fingerprint density at radius 1 is 2.00 bits per heavy atom. The summed E-state index contributed by atoms with van der Waals surface area (Å²) in [4.78, 5) is 13.5. The summed E-state index contributed by atoms with van der Waals surface area (Å²) in [6, 6.07) is 0. The first-order chi connectivity index (χ1) is 3.80. The number of hydrogen-bond donors (Lipinski definition) is 1. The van der Waals surface area contributed by atoms with Gasteiger partial charge in [0.25, 0.3) is 6.26 Å². The highest BCUT2D eigenvalue weighted by molar-refractivity contribution is 4.85. The number of hydroxylamine groups is 1. The molecule has 0 saturated carbocycles. The van der Waals surface area contributed by atoms with Crippen molar-refractivity contribution in [3.63, 3.8) is 0 Å². The number of hydrogen-bond acceptors (Lipinski definition) is 4. The molecule has 1 N–H and O–H groups in total. The molecule has 1 rings (SSSR count). The molecular weight excluding hydrogens is 112 g/mol. The van der Waals surface area contributed by atoms with Gasteiger partial charge in [-0.05, 0) is 0 Å². The van der Waals surface area contributed by atoms with E-state index in [2.05, 4.69) is 16.6 Å². The maximum Gasteiger partial charge on any atom is 0.311 e. The van der Waals surface area contributed by atoms with Gasteiger partial charge < -0.3 is 4.84 Å². The molecule has 0 unspecified atom stereocenters. The van der Waals surface area contributed by atoms with Crippen LogP contribution >= 0.6 is 0 Å². The van der Waals surface area contributed by atoms with Crippen molar-refractivity contribution < 1.29 is 9.76 Å². The summed E-state index contributed by atoms with van der Waals surface area (Å²) in [5.74, 6) is 0. The van der Waals surface area contributed by atoms with Crippen molar-refractivity contribution in [3.8, 4) is 0 Å². The normalized spacial score (nSPS) is 17.2. The topological polar surface area (TPSA) is 64.4 Å². The molecule has 1 heterocycles. The smallest absolute Gasteiger partial charge is 0.311 e. The van der Waals surface area contributed by atoms with Crippen LogP contribution in [0.3, 0.4) is 0 Å². The van der Waals surface area contributed by atoms with E-state index in [1.54, 1.807) is 0 Å². The molecule has 5 heteroatoms. The van der Waals surface area contributed by atoms with Crippen molar-refractivity contribution in [3.05, 3.63) is 22.1 Å². The van der Waals surface area contributed by atoms with E-state index in [-0.39, 0.29) is 12.2 Å². The van der Waals surface area contributed by atoms with Crippen LogP contribution in [0.2, 0.25) is 0 Å². The quantitative estimate of drug-likeness (QED) is 0.367. The minimum absolute atomic E-state index is 0.0648. The van der Waals surface area contributed by atoms with Crippen LogP contribution in [0.4, 0.5) is 0 Å². The Hall–Kier alpha value is -1.10. The van der Waals surface area contributed by atoms with Crippen LogP contribution in [-0.2, 0) is 4.84 Å². The van der Waals surface area contributed by atoms with Gasteiger partial charge in [0.2, 0.25) is 0 Å². The first-order valence-corrected chi connectivity index (χ1v) is 1.95. The first kappa shape index (κ1) is 5.04. The standard InChI is InChI=1S/C3H3N2O3/c6-5(7)3-1-4-8-2-3/h4H,1H2. The molecule has 1 aliphatic heterocycles. The zero-order chi connectivity index (χ0) is 5.98. The molecule has 0 aromatic carbocycles. The predicted molar refractivity (Wildman–Crippen MR) is 22.8 cm³/mol. The number of nitro groups is 1. The summed E-state index contributed by atoms with van der Waals surface area (Å²) in [5, 5.41) is 9.79. The highest BCUT2D eigenvalue weighted by atomic mass is 16.7. The molecule has 1 aliphatic rings. The maximum absolute atomic E-state index is 9.79. The van der Waals surface area contributed by atoms with E-state index in [1.165, 1.54) is 0 Å². The summed E-state index contributed by atoms with van der Waals surface area (Å²) in [6.07, 6.45) is 2.06. The third kappa shape index (κ3) is 0.760. The van der Waals surface area contributed by atoms with Crippen molar-refractivity contribution >= 4 is 0 Å². The molecule has 0 bridgehead atoms. The Bertz CT molecular complexity index is 141. The average Bonchev–Trinajstić information content (AvgIpc) is 2.12. The highest BCUT2D eigenvalue weighted by Crippen LogP contribution is 1.97. The summed E-state index contributed by atoms with van der Waals surface area (Å²) < 4.78 is 0. The fourth-order valence-electron chi connectivity index (χ4n) is 0.337. The highest BCUT2D eigenvalue weighted by Gasteiger charge is 2.16. The lowest BCUT2D eigenvalue weighted by Crippen LogP contribution is -2.09. The van der Waals surface area contributed by atoms with Gasteiger partial charge in [-0.3, -0.25) is 10.1 Å². The molecule has 0 fully saturated rings. The minimum atomic E-state index is -0.542. The van der Waals surface area contributed by atoms with Crippen molar-refractivity contribution in [1.29, 1.82) is 0 Å². The van der Waals surface area contributed by atoms with Gasteiger partial charge in [0.05, 0.1) is 4.92 Å². The van der Waals surface area contributed by atoms with Crippen LogP contribution in [0.25, 0.3) is 0 Å². The zero-order valence-electron chi connectivity index (χ0n) is 3.88. The summed E-state index contributed by atoms with van der Waals surface area (Å²) in [7, 11) is 0. The van der Waals surface area contributed by atoms with Crippen LogP contribution in [0.1, 0.15) is 0 Å². The second kappa shape index (κ2) is 1.79. The maximum atomic E-state index is 9.79. The van der Waals surface area contributed by atoms with Crippen molar-refractivity contribution in [1.82, 2.24) is 5.48 Å². The summed E-state index contributed by atoms with van der Waals surface area (Å²) >= 11 is 0. The van der Waals surface area contributed by atoms with Gasteiger partial charge >= 0.3 is 5.70 Å². The molecule has 8 heavy (non-hydrogen) atoms. The van der Waals surface area contributed by atoms with Gasteiger partial charge in [-0.1, -0.05) is 0 Å². The number of nitrogens with zero attached hydrogens (tertiary/aromatic N) is 1. The molecule has 0 saturated heterocycles. The first-order valence-electron chi connectivity index (χ1n) is 1.95. The second-order valence-electron chi connectivity index (χ2n) is 1.23. The molecule has 0 aromatic heterocycles. The Morgan fingerprint density at radius 2 is 2.75 bits per heavy atom. The summed E-state index contributed by atoms with van der Waals surface area (Å²) in [5.41, 5.74) is 2.20. The Kier molecular flexibility index (Phi) is 1.13. The van der Waals surface area contributed by atoms with Crippen LogP contribution in [-0.4, -0.2) is 11.5 Å². The van der Waals surface area contributed by atoms with Gasteiger partial charge in [0.15, 0.2) is 0 Å². The second-order valence-corrected chi connectivity index (χ2v) is 1.23. The minimum Gasteiger partial charge on any atom is -0.397 e. The van der Waals surface area contributed by atoms with E-state index in [0.717, 1.165) is 0 Å². The fraction of sp³-hybridized carbons (Fsp3) is 0.333. The van der Waals surface area contributed by atoms with Crippen molar-refractivity contribution in [2.75, 3.05) is 6.54 Å². The van der Waals surface area contributed by atoms with Crippen LogP contribution < -0.4 is 5.48 Å². The summed E-state index contributed by atoms with van der Waals surface area (Å²) in [6.45, 7) is 0.132. The molecule has 0 spiro atoms. The number of nitrogens with one attached hydrogen (secondary N) is 1. The molecule has 43 valence electrons. The van der Waals surface area contributed by atoms with Gasteiger partial charge in [0.1, 0.15) is 6.54 Å². The number of rotatable bonds is 1. The fourth-order valence-corrected chi connectivity index (χ4v) is 0.337. The third-order valence-electron chi connectivity index (χ3n) is 0.701. The molecule has 0 aliphatic carbocycles. The van der Waals surface area contributed by atoms with Gasteiger partial charge in [-0.25, -0.2) is 0 Å². The van der Waals surface area contributed by atoms with Crippen LogP contribution in [0.5, 0.6) is 0 Å². The lowest BCUT2D eigenvalue weighted by atomic mass is 10.5.